The SMILES string of the molecule is O=C1C[C@@H](C(=O)NCCCOC[C@H]2CCCO2)c2ccccc2N1. The molecule has 24 heavy (non-hydrogen) atoms. The summed E-state index contributed by atoms with van der Waals surface area (Å²) in [4.78, 5) is 24.2. The maximum atomic E-state index is 12.4. The molecule has 0 saturated carbocycles. The van der Waals surface area contributed by atoms with Crippen molar-refractivity contribution >= 4 is 17.5 Å². The summed E-state index contributed by atoms with van der Waals surface area (Å²) >= 11 is 0. The number of ether oxygens (including phenoxy) is 2. The molecule has 6 heteroatoms. The number of para-hydroxylation sites is 1. The van der Waals surface area contributed by atoms with E-state index in [-0.39, 0.29) is 24.3 Å². The topological polar surface area (TPSA) is 76.7 Å². The molecule has 2 atom stereocenters. The smallest absolute Gasteiger partial charge is 0.228 e. The van der Waals surface area contributed by atoms with E-state index in [2.05, 4.69) is 10.6 Å². The third kappa shape index (κ3) is 4.33. The van der Waals surface area contributed by atoms with Crippen molar-refractivity contribution in [3.8, 4) is 0 Å². The molecule has 1 aromatic carbocycles. The van der Waals surface area contributed by atoms with E-state index in [0.717, 1.165) is 37.1 Å². The van der Waals surface area contributed by atoms with Gasteiger partial charge >= 0.3 is 0 Å². The number of amides is 2. The van der Waals surface area contributed by atoms with Gasteiger partial charge in [0.25, 0.3) is 0 Å². The molecule has 6 nitrogen and oxygen atoms in total. The summed E-state index contributed by atoms with van der Waals surface area (Å²) < 4.78 is 11.1. The maximum Gasteiger partial charge on any atom is 0.228 e. The number of hydrogen-bond donors (Lipinski definition) is 2. The quantitative estimate of drug-likeness (QED) is 0.747. The van der Waals surface area contributed by atoms with Crippen LogP contribution in [0.4, 0.5) is 5.69 Å². The lowest BCUT2D eigenvalue weighted by Crippen LogP contribution is -2.35. The zero-order chi connectivity index (χ0) is 16.8. The third-order valence-corrected chi connectivity index (χ3v) is 4.41. The minimum Gasteiger partial charge on any atom is -0.379 e. The molecule has 1 fully saturated rings. The molecule has 0 spiro atoms. The zero-order valence-electron chi connectivity index (χ0n) is 13.8. The monoisotopic (exact) mass is 332 g/mol. The number of carbonyl (C=O) groups is 2. The average molecular weight is 332 g/mol. The highest BCUT2D eigenvalue weighted by atomic mass is 16.5. The van der Waals surface area contributed by atoms with Crippen LogP contribution < -0.4 is 10.6 Å². The van der Waals surface area contributed by atoms with E-state index in [1.54, 1.807) is 0 Å². The van der Waals surface area contributed by atoms with E-state index < -0.39 is 5.92 Å². The second-order valence-electron chi connectivity index (χ2n) is 6.25. The number of benzene rings is 1. The Morgan fingerprint density at radius 3 is 3.08 bits per heavy atom. The van der Waals surface area contributed by atoms with Crippen LogP contribution in [0.5, 0.6) is 0 Å². The van der Waals surface area contributed by atoms with Crippen LogP contribution in [0.15, 0.2) is 24.3 Å². The van der Waals surface area contributed by atoms with Gasteiger partial charge in [0.15, 0.2) is 0 Å². The average Bonchev–Trinajstić information content (AvgIpc) is 3.10. The summed E-state index contributed by atoms with van der Waals surface area (Å²) in [7, 11) is 0. The van der Waals surface area contributed by atoms with Crippen molar-refractivity contribution in [1.29, 1.82) is 0 Å². The Balaban J connectivity index is 1.39. The normalized spacial score (nSPS) is 22.8. The number of anilines is 1. The molecule has 1 aromatic rings. The van der Waals surface area contributed by atoms with E-state index in [0.29, 0.717) is 19.8 Å². The van der Waals surface area contributed by atoms with Gasteiger partial charge in [-0.05, 0) is 30.9 Å². The fourth-order valence-corrected chi connectivity index (χ4v) is 3.14. The highest BCUT2D eigenvalue weighted by Crippen LogP contribution is 2.31. The first-order valence-electron chi connectivity index (χ1n) is 8.60. The number of carbonyl (C=O) groups excluding carboxylic acids is 2. The molecular formula is C18H24N2O4. The molecule has 0 radical (unpaired) electrons. The summed E-state index contributed by atoms with van der Waals surface area (Å²) in [5, 5.41) is 5.72. The predicted octanol–water partition coefficient (Wildman–Crippen LogP) is 1.81. The Labute approximate surface area is 141 Å². The van der Waals surface area contributed by atoms with Gasteiger partial charge in [-0.15, -0.1) is 0 Å². The zero-order valence-corrected chi connectivity index (χ0v) is 13.8. The summed E-state index contributed by atoms with van der Waals surface area (Å²) in [5.74, 6) is -0.632. The first kappa shape index (κ1) is 16.9. The molecule has 1 saturated heterocycles. The lowest BCUT2D eigenvalue weighted by molar-refractivity contribution is -0.126. The Morgan fingerprint density at radius 1 is 1.38 bits per heavy atom. The van der Waals surface area contributed by atoms with Gasteiger partial charge in [0.1, 0.15) is 0 Å². The summed E-state index contributed by atoms with van der Waals surface area (Å²) in [6.07, 6.45) is 3.36. The molecule has 2 heterocycles. The second-order valence-corrected chi connectivity index (χ2v) is 6.25. The number of nitrogens with one attached hydrogen (secondary N) is 2. The van der Waals surface area contributed by atoms with Crippen molar-refractivity contribution in [3.63, 3.8) is 0 Å². The van der Waals surface area contributed by atoms with Crippen LogP contribution in [0.3, 0.4) is 0 Å². The molecule has 0 unspecified atom stereocenters. The van der Waals surface area contributed by atoms with Gasteiger partial charge < -0.3 is 20.1 Å². The molecule has 2 aliphatic heterocycles. The molecule has 0 aliphatic carbocycles. The van der Waals surface area contributed by atoms with Gasteiger partial charge in [0, 0.05) is 31.9 Å². The third-order valence-electron chi connectivity index (χ3n) is 4.41. The van der Waals surface area contributed by atoms with Crippen molar-refractivity contribution in [1.82, 2.24) is 5.32 Å². The minimum absolute atomic E-state index is 0.101. The first-order chi connectivity index (χ1) is 11.7. The standard InChI is InChI=1S/C18H24N2O4/c21-17-11-15(14-6-1-2-7-16(14)20-17)18(22)19-8-4-9-23-12-13-5-3-10-24-13/h1-2,6-7,13,15H,3-5,8-12H2,(H,19,22)(H,20,21)/t13-,15-/m1/s1. The molecule has 2 amide bonds. The molecule has 2 aliphatic rings. The summed E-state index contributed by atoms with van der Waals surface area (Å²) in [5.41, 5.74) is 1.61. The van der Waals surface area contributed by atoms with E-state index in [9.17, 15) is 9.59 Å². The Hall–Kier alpha value is -1.92. The van der Waals surface area contributed by atoms with Gasteiger partial charge in [0.05, 0.1) is 18.6 Å². The molecular weight excluding hydrogens is 308 g/mol. The number of hydrogen-bond acceptors (Lipinski definition) is 4. The van der Waals surface area contributed by atoms with E-state index in [1.807, 2.05) is 24.3 Å². The fourth-order valence-electron chi connectivity index (χ4n) is 3.14. The van der Waals surface area contributed by atoms with Gasteiger partial charge in [-0.3, -0.25) is 9.59 Å². The Kier molecular flexibility index (Phi) is 5.82. The van der Waals surface area contributed by atoms with Crippen LogP contribution in [-0.4, -0.2) is 44.3 Å². The van der Waals surface area contributed by atoms with Gasteiger partial charge in [0.2, 0.25) is 11.8 Å². The van der Waals surface area contributed by atoms with Crippen LogP contribution in [0.25, 0.3) is 0 Å². The lowest BCUT2D eigenvalue weighted by Gasteiger charge is -2.24. The van der Waals surface area contributed by atoms with Crippen molar-refractivity contribution in [2.75, 3.05) is 31.7 Å². The number of rotatable bonds is 7. The van der Waals surface area contributed by atoms with Crippen LogP contribution in [0.2, 0.25) is 0 Å². The van der Waals surface area contributed by atoms with Crippen molar-refractivity contribution in [3.05, 3.63) is 29.8 Å². The van der Waals surface area contributed by atoms with Crippen molar-refractivity contribution in [2.24, 2.45) is 0 Å². The van der Waals surface area contributed by atoms with Crippen LogP contribution in [0, 0.1) is 0 Å². The van der Waals surface area contributed by atoms with Crippen LogP contribution in [0.1, 0.15) is 37.2 Å². The van der Waals surface area contributed by atoms with Gasteiger partial charge in [-0.1, -0.05) is 18.2 Å². The van der Waals surface area contributed by atoms with Gasteiger partial charge in [-0.2, -0.15) is 0 Å². The predicted molar refractivity (Wildman–Crippen MR) is 89.8 cm³/mol. The second kappa shape index (κ2) is 8.26. The molecule has 3 rings (SSSR count). The van der Waals surface area contributed by atoms with E-state index in [1.165, 1.54) is 0 Å². The number of fused-ring (bicyclic) bond motifs is 1. The van der Waals surface area contributed by atoms with Crippen molar-refractivity contribution < 1.29 is 19.1 Å². The lowest BCUT2D eigenvalue weighted by atomic mass is 9.90. The summed E-state index contributed by atoms with van der Waals surface area (Å²) in [6, 6.07) is 7.45. The van der Waals surface area contributed by atoms with Crippen molar-refractivity contribution in [2.45, 2.75) is 37.7 Å². The van der Waals surface area contributed by atoms with Gasteiger partial charge in [-0.25, -0.2) is 0 Å². The highest BCUT2D eigenvalue weighted by Gasteiger charge is 2.30. The summed E-state index contributed by atoms with van der Waals surface area (Å²) in [6.45, 7) is 2.61. The Bertz CT molecular complexity index is 584. The fraction of sp³-hybridized carbons (Fsp3) is 0.556. The van der Waals surface area contributed by atoms with E-state index >= 15 is 0 Å². The molecule has 2 N–H and O–H groups in total. The largest absolute Gasteiger partial charge is 0.379 e. The van der Waals surface area contributed by atoms with E-state index in [4.69, 9.17) is 9.47 Å². The van der Waals surface area contributed by atoms with Crippen LogP contribution in [-0.2, 0) is 19.1 Å². The highest BCUT2D eigenvalue weighted by molar-refractivity contribution is 6.01. The molecule has 0 aromatic heterocycles. The van der Waals surface area contributed by atoms with Crippen LogP contribution >= 0.6 is 0 Å². The molecule has 0 bridgehead atoms. The first-order valence-corrected chi connectivity index (χ1v) is 8.60. The maximum absolute atomic E-state index is 12.4. The molecule has 130 valence electrons. The Morgan fingerprint density at radius 2 is 2.25 bits per heavy atom. The minimum atomic E-state index is -0.414.